The fourth-order valence-electron chi connectivity index (χ4n) is 3.78. The molecule has 0 radical (unpaired) electrons. The van der Waals surface area contributed by atoms with Gasteiger partial charge in [0.15, 0.2) is 9.84 Å². The van der Waals surface area contributed by atoms with Crippen LogP contribution in [0.25, 0.3) is 0 Å². The van der Waals surface area contributed by atoms with Crippen molar-refractivity contribution >= 4 is 27.1 Å². The highest BCUT2D eigenvalue weighted by molar-refractivity contribution is 7.90. The van der Waals surface area contributed by atoms with E-state index in [1.165, 1.54) is 16.7 Å². The molecular weight excluding hydrogens is 380 g/mol. The van der Waals surface area contributed by atoms with Crippen LogP contribution >= 0.6 is 11.3 Å². The van der Waals surface area contributed by atoms with Crippen molar-refractivity contribution < 1.29 is 13.2 Å². The number of sulfone groups is 1. The van der Waals surface area contributed by atoms with E-state index in [0.717, 1.165) is 38.2 Å². The molecule has 0 unspecified atom stereocenters. The zero-order valence-corrected chi connectivity index (χ0v) is 17.1. The number of carbonyl (C=O) groups is 1. The summed E-state index contributed by atoms with van der Waals surface area (Å²) >= 11 is 1.85. The summed E-state index contributed by atoms with van der Waals surface area (Å²) in [5.41, 5.74) is 2.45. The van der Waals surface area contributed by atoms with Gasteiger partial charge in [0.2, 0.25) is 5.91 Å². The van der Waals surface area contributed by atoms with Gasteiger partial charge in [-0.3, -0.25) is 9.69 Å². The standard InChI is InChI=1S/C20H24N2O3S2/c1-27(24,25)18-5-2-15(3-6-18)4-7-20(23)22-13-17(14-22)21-10-8-19-16(12-21)9-11-26-19/h2-3,5-6,9,11,17H,4,7-8,10,12-14H2,1H3. The summed E-state index contributed by atoms with van der Waals surface area (Å²) in [7, 11) is -3.17. The van der Waals surface area contributed by atoms with Crippen LogP contribution in [0.4, 0.5) is 0 Å². The van der Waals surface area contributed by atoms with Crippen molar-refractivity contribution in [1.29, 1.82) is 0 Å². The number of hydrogen-bond donors (Lipinski definition) is 0. The Bertz CT molecular complexity index is 928. The van der Waals surface area contributed by atoms with Crippen molar-refractivity contribution in [2.45, 2.75) is 36.7 Å². The second kappa shape index (κ2) is 7.37. The van der Waals surface area contributed by atoms with E-state index in [2.05, 4.69) is 16.3 Å². The monoisotopic (exact) mass is 404 g/mol. The molecule has 2 aromatic rings. The maximum absolute atomic E-state index is 12.4. The van der Waals surface area contributed by atoms with Gasteiger partial charge in [-0.15, -0.1) is 11.3 Å². The van der Waals surface area contributed by atoms with E-state index >= 15 is 0 Å². The molecule has 0 aliphatic carbocycles. The van der Waals surface area contributed by atoms with Gasteiger partial charge in [0.05, 0.1) is 4.90 Å². The molecule has 0 bridgehead atoms. The third kappa shape index (κ3) is 4.10. The first kappa shape index (κ1) is 18.7. The van der Waals surface area contributed by atoms with Crippen LogP contribution in [0.15, 0.2) is 40.6 Å². The molecule has 0 saturated carbocycles. The van der Waals surface area contributed by atoms with Crippen molar-refractivity contribution in [3.63, 3.8) is 0 Å². The lowest BCUT2D eigenvalue weighted by atomic mass is 10.0. The molecule has 7 heteroatoms. The number of nitrogens with zero attached hydrogens (tertiary/aromatic N) is 2. The highest BCUT2D eigenvalue weighted by Gasteiger charge is 2.35. The van der Waals surface area contributed by atoms with Crippen LogP contribution < -0.4 is 0 Å². The molecule has 0 spiro atoms. The Morgan fingerprint density at radius 2 is 1.93 bits per heavy atom. The lowest BCUT2D eigenvalue weighted by molar-refractivity contribution is -0.138. The van der Waals surface area contributed by atoms with E-state index in [4.69, 9.17) is 0 Å². The number of benzene rings is 1. The van der Waals surface area contributed by atoms with Gasteiger partial charge in [-0.1, -0.05) is 12.1 Å². The molecule has 1 fully saturated rings. The molecule has 27 heavy (non-hydrogen) atoms. The number of carbonyl (C=O) groups excluding carboxylic acids is 1. The Kier molecular flexibility index (Phi) is 5.09. The number of aryl methyl sites for hydroxylation is 1. The third-order valence-electron chi connectivity index (χ3n) is 5.55. The Balaban J connectivity index is 1.24. The van der Waals surface area contributed by atoms with Crippen molar-refractivity contribution in [3.8, 4) is 0 Å². The molecule has 5 nitrogen and oxygen atoms in total. The Morgan fingerprint density at radius 3 is 2.63 bits per heavy atom. The number of rotatable bonds is 5. The molecule has 0 N–H and O–H groups in total. The fraction of sp³-hybridized carbons (Fsp3) is 0.450. The molecule has 1 aromatic carbocycles. The molecule has 2 aliphatic rings. The van der Waals surface area contributed by atoms with Gasteiger partial charge in [0, 0.05) is 49.8 Å². The van der Waals surface area contributed by atoms with Gasteiger partial charge >= 0.3 is 0 Å². The number of fused-ring (bicyclic) bond motifs is 1. The second-order valence-corrected chi connectivity index (χ2v) is 10.5. The molecule has 144 valence electrons. The van der Waals surface area contributed by atoms with E-state index < -0.39 is 9.84 Å². The summed E-state index contributed by atoms with van der Waals surface area (Å²) in [4.78, 5) is 18.7. The number of likely N-dealkylation sites (tertiary alicyclic amines) is 1. The maximum atomic E-state index is 12.4. The van der Waals surface area contributed by atoms with Gasteiger partial charge in [0.1, 0.15) is 0 Å². The number of hydrogen-bond acceptors (Lipinski definition) is 5. The average molecular weight is 405 g/mol. The summed E-state index contributed by atoms with van der Waals surface area (Å²) in [5.74, 6) is 0.187. The molecule has 0 atom stereocenters. The summed E-state index contributed by atoms with van der Waals surface area (Å²) in [6, 6.07) is 9.54. The minimum atomic E-state index is -3.17. The molecule has 4 rings (SSSR count). The minimum absolute atomic E-state index is 0.187. The number of thiophene rings is 1. The van der Waals surface area contributed by atoms with Crippen molar-refractivity contribution in [3.05, 3.63) is 51.7 Å². The second-order valence-electron chi connectivity index (χ2n) is 7.46. The fourth-order valence-corrected chi connectivity index (χ4v) is 5.30. The predicted molar refractivity (Wildman–Crippen MR) is 107 cm³/mol. The normalized spacial score (nSPS) is 18.2. The lowest BCUT2D eigenvalue weighted by Gasteiger charge is -2.46. The maximum Gasteiger partial charge on any atom is 0.223 e. The van der Waals surface area contributed by atoms with Crippen LogP contribution in [0.5, 0.6) is 0 Å². The zero-order chi connectivity index (χ0) is 19.0. The van der Waals surface area contributed by atoms with Gasteiger partial charge < -0.3 is 4.90 Å². The highest BCUT2D eigenvalue weighted by atomic mass is 32.2. The Labute approximate surface area is 164 Å². The summed E-state index contributed by atoms with van der Waals surface area (Å²) in [6.07, 6.45) is 3.44. The lowest BCUT2D eigenvalue weighted by Crippen LogP contribution is -2.61. The molecular formula is C20H24N2O3S2. The van der Waals surface area contributed by atoms with Gasteiger partial charge in [-0.25, -0.2) is 8.42 Å². The largest absolute Gasteiger partial charge is 0.339 e. The average Bonchev–Trinajstić information content (AvgIpc) is 3.06. The van der Waals surface area contributed by atoms with Crippen LogP contribution in [-0.4, -0.2) is 56.1 Å². The minimum Gasteiger partial charge on any atom is -0.339 e. The SMILES string of the molecule is CS(=O)(=O)c1ccc(CCC(=O)N2CC(N3CCc4sccc4C3)C2)cc1. The molecule has 3 heterocycles. The topological polar surface area (TPSA) is 57.7 Å². The summed E-state index contributed by atoms with van der Waals surface area (Å²) in [6.45, 7) is 3.75. The van der Waals surface area contributed by atoms with Crippen LogP contribution in [0, 0.1) is 0 Å². The van der Waals surface area contributed by atoms with Crippen LogP contribution in [-0.2, 0) is 34.0 Å². The first-order valence-corrected chi connectivity index (χ1v) is 12.0. The molecule has 1 aromatic heterocycles. The Hall–Kier alpha value is -1.70. The predicted octanol–water partition coefficient (Wildman–Crippen LogP) is 2.35. The summed E-state index contributed by atoms with van der Waals surface area (Å²) < 4.78 is 23.0. The van der Waals surface area contributed by atoms with E-state index in [-0.39, 0.29) is 5.91 Å². The van der Waals surface area contributed by atoms with Crippen LogP contribution in [0.2, 0.25) is 0 Å². The van der Waals surface area contributed by atoms with Gasteiger partial charge in [0.25, 0.3) is 0 Å². The van der Waals surface area contributed by atoms with Crippen molar-refractivity contribution in [2.24, 2.45) is 0 Å². The molecule has 1 saturated heterocycles. The quantitative estimate of drug-likeness (QED) is 0.768. The molecule has 2 aliphatic heterocycles. The van der Waals surface area contributed by atoms with Crippen molar-refractivity contribution in [2.75, 3.05) is 25.9 Å². The third-order valence-corrected chi connectivity index (χ3v) is 7.70. The van der Waals surface area contributed by atoms with Crippen LogP contribution in [0.1, 0.15) is 22.4 Å². The summed E-state index contributed by atoms with van der Waals surface area (Å²) in [5, 5.41) is 2.17. The van der Waals surface area contributed by atoms with E-state index in [1.54, 1.807) is 24.3 Å². The zero-order valence-electron chi connectivity index (χ0n) is 15.4. The van der Waals surface area contributed by atoms with Gasteiger partial charge in [-0.05, 0) is 47.5 Å². The van der Waals surface area contributed by atoms with Crippen LogP contribution in [0.3, 0.4) is 0 Å². The van der Waals surface area contributed by atoms with Crippen molar-refractivity contribution in [1.82, 2.24) is 9.80 Å². The van der Waals surface area contributed by atoms with Gasteiger partial charge in [-0.2, -0.15) is 0 Å². The first-order valence-electron chi connectivity index (χ1n) is 9.26. The van der Waals surface area contributed by atoms with E-state index in [1.807, 2.05) is 16.2 Å². The first-order chi connectivity index (χ1) is 12.9. The smallest absolute Gasteiger partial charge is 0.223 e. The number of amides is 1. The van der Waals surface area contributed by atoms with E-state index in [9.17, 15) is 13.2 Å². The van der Waals surface area contributed by atoms with E-state index in [0.29, 0.717) is 23.8 Å². The highest BCUT2D eigenvalue weighted by Crippen LogP contribution is 2.28. The molecule has 1 amide bonds. The Morgan fingerprint density at radius 1 is 1.19 bits per heavy atom.